The average molecular weight is 327 g/mol. The Labute approximate surface area is 121 Å². The van der Waals surface area contributed by atoms with Crippen molar-refractivity contribution in [3.63, 3.8) is 0 Å². The number of amides is 1. The summed E-state index contributed by atoms with van der Waals surface area (Å²) in [6.45, 7) is 2.61. The van der Waals surface area contributed by atoms with E-state index in [2.05, 4.69) is 28.2 Å². The van der Waals surface area contributed by atoms with Crippen LogP contribution in [0.3, 0.4) is 0 Å². The molecule has 0 radical (unpaired) electrons. The molecule has 5 heteroatoms. The lowest BCUT2D eigenvalue weighted by molar-refractivity contribution is -0.127. The van der Waals surface area contributed by atoms with E-state index in [1.54, 1.807) is 0 Å². The maximum atomic E-state index is 11.9. The summed E-state index contributed by atoms with van der Waals surface area (Å²) >= 11 is 3.48. The van der Waals surface area contributed by atoms with Crippen LogP contribution in [0.25, 0.3) is 0 Å². The largest absolute Gasteiger partial charge is 0.378 e. The molecule has 1 fully saturated rings. The molecule has 2 rings (SSSR count). The molecule has 104 valence electrons. The Morgan fingerprint density at radius 3 is 2.95 bits per heavy atom. The van der Waals surface area contributed by atoms with E-state index >= 15 is 0 Å². The lowest BCUT2D eigenvalue weighted by Gasteiger charge is -2.39. The number of carbonyl (C=O) groups excluding carboxylic acids is 1. The second-order valence-corrected chi connectivity index (χ2v) is 5.76. The molecule has 3 N–H and O–H groups in total. The van der Waals surface area contributed by atoms with Crippen LogP contribution in [0.5, 0.6) is 0 Å². The zero-order valence-corrected chi connectivity index (χ0v) is 12.6. The van der Waals surface area contributed by atoms with Crippen LogP contribution in [0, 0.1) is 0 Å². The molecule has 1 aromatic carbocycles. The lowest BCUT2D eigenvalue weighted by atomic mass is 9.84. The summed E-state index contributed by atoms with van der Waals surface area (Å²) in [5.41, 5.74) is 5.81. The Bertz CT molecular complexity index is 467. The summed E-state index contributed by atoms with van der Waals surface area (Å²) < 4.78 is 6.57. The molecule has 1 amide bonds. The number of anilines is 1. The molecule has 1 aromatic rings. The van der Waals surface area contributed by atoms with Crippen molar-refractivity contribution >= 4 is 27.5 Å². The predicted molar refractivity (Wildman–Crippen MR) is 79.0 cm³/mol. The molecule has 0 aromatic heterocycles. The fraction of sp³-hybridized carbons (Fsp3) is 0.500. The van der Waals surface area contributed by atoms with Crippen molar-refractivity contribution in [2.45, 2.75) is 37.8 Å². The van der Waals surface area contributed by atoms with Crippen molar-refractivity contribution in [1.29, 1.82) is 0 Å². The van der Waals surface area contributed by atoms with Gasteiger partial charge in [-0.15, -0.1) is 0 Å². The molecule has 0 saturated carbocycles. The minimum atomic E-state index is -0.719. The third kappa shape index (κ3) is 3.09. The predicted octanol–water partition coefficient (Wildman–Crippen LogP) is 2.67. The van der Waals surface area contributed by atoms with Gasteiger partial charge in [0.1, 0.15) is 5.54 Å². The number of nitrogens with one attached hydrogen (secondary N) is 1. The lowest BCUT2D eigenvalue weighted by Crippen LogP contribution is -2.56. The first-order chi connectivity index (χ1) is 9.07. The standard InChI is InChI=1S/C14H19BrN2O2/c1-2-10-9-14(13(16)18,7-8-19-10)17-12-6-4-3-5-11(12)15/h3-6,10,17H,2,7-9H2,1H3,(H2,16,18). The Hall–Kier alpha value is -1.07. The van der Waals surface area contributed by atoms with Crippen LogP contribution in [0.1, 0.15) is 26.2 Å². The summed E-state index contributed by atoms with van der Waals surface area (Å²) in [5, 5.41) is 3.32. The highest BCUT2D eigenvalue weighted by Gasteiger charge is 2.41. The fourth-order valence-electron chi connectivity index (χ4n) is 2.43. The molecule has 1 aliphatic rings. The van der Waals surface area contributed by atoms with Gasteiger partial charge in [0.15, 0.2) is 0 Å². The number of rotatable bonds is 4. The van der Waals surface area contributed by atoms with Gasteiger partial charge in [-0.3, -0.25) is 4.79 Å². The summed E-state index contributed by atoms with van der Waals surface area (Å²) in [6, 6.07) is 7.74. The van der Waals surface area contributed by atoms with Gasteiger partial charge in [-0.25, -0.2) is 0 Å². The summed E-state index contributed by atoms with van der Waals surface area (Å²) in [7, 11) is 0. The molecule has 0 aliphatic carbocycles. The molecule has 1 saturated heterocycles. The van der Waals surface area contributed by atoms with Crippen molar-refractivity contribution in [3.05, 3.63) is 28.7 Å². The number of para-hydroxylation sites is 1. The highest BCUT2D eigenvalue weighted by Crippen LogP contribution is 2.32. The zero-order chi connectivity index (χ0) is 13.9. The second kappa shape index (κ2) is 5.92. The Morgan fingerprint density at radius 2 is 2.32 bits per heavy atom. The van der Waals surface area contributed by atoms with E-state index in [9.17, 15) is 4.79 Å². The first-order valence-corrected chi connectivity index (χ1v) is 7.31. The normalized spacial score (nSPS) is 26.9. The van der Waals surface area contributed by atoms with E-state index in [-0.39, 0.29) is 12.0 Å². The van der Waals surface area contributed by atoms with Gasteiger partial charge in [0.25, 0.3) is 0 Å². The van der Waals surface area contributed by atoms with E-state index in [0.717, 1.165) is 16.6 Å². The Kier molecular flexibility index (Phi) is 4.47. The summed E-state index contributed by atoms with van der Waals surface area (Å²) in [6.07, 6.45) is 2.17. The minimum absolute atomic E-state index is 0.0798. The molecule has 2 atom stereocenters. The first-order valence-electron chi connectivity index (χ1n) is 6.51. The second-order valence-electron chi connectivity index (χ2n) is 4.91. The molecule has 1 heterocycles. The Balaban J connectivity index is 2.25. The van der Waals surface area contributed by atoms with Crippen LogP contribution in [-0.2, 0) is 9.53 Å². The number of hydrogen-bond acceptors (Lipinski definition) is 3. The zero-order valence-electron chi connectivity index (χ0n) is 11.0. The summed E-state index contributed by atoms with van der Waals surface area (Å²) in [5.74, 6) is -0.315. The van der Waals surface area contributed by atoms with E-state index < -0.39 is 5.54 Å². The van der Waals surface area contributed by atoms with Gasteiger partial charge in [-0.05, 0) is 34.5 Å². The van der Waals surface area contributed by atoms with Crippen LogP contribution in [0.2, 0.25) is 0 Å². The smallest absolute Gasteiger partial charge is 0.243 e. The van der Waals surface area contributed by atoms with E-state index in [4.69, 9.17) is 10.5 Å². The van der Waals surface area contributed by atoms with E-state index in [1.807, 2.05) is 24.3 Å². The number of ether oxygens (including phenoxy) is 1. The van der Waals surface area contributed by atoms with Crippen molar-refractivity contribution in [2.24, 2.45) is 5.73 Å². The van der Waals surface area contributed by atoms with Gasteiger partial charge in [0.2, 0.25) is 5.91 Å². The van der Waals surface area contributed by atoms with Crippen molar-refractivity contribution in [1.82, 2.24) is 0 Å². The summed E-state index contributed by atoms with van der Waals surface area (Å²) in [4.78, 5) is 11.9. The van der Waals surface area contributed by atoms with Crippen LogP contribution in [0.4, 0.5) is 5.69 Å². The van der Waals surface area contributed by atoms with Crippen LogP contribution in [0.15, 0.2) is 28.7 Å². The monoisotopic (exact) mass is 326 g/mol. The quantitative estimate of drug-likeness (QED) is 0.894. The fourth-order valence-corrected chi connectivity index (χ4v) is 2.81. The topological polar surface area (TPSA) is 64.3 Å². The van der Waals surface area contributed by atoms with Crippen LogP contribution < -0.4 is 11.1 Å². The number of hydrogen-bond donors (Lipinski definition) is 2. The highest BCUT2D eigenvalue weighted by atomic mass is 79.9. The molecular weight excluding hydrogens is 308 g/mol. The highest BCUT2D eigenvalue weighted by molar-refractivity contribution is 9.10. The van der Waals surface area contributed by atoms with Crippen molar-refractivity contribution < 1.29 is 9.53 Å². The van der Waals surface area contributed by atoms with Crippen molar-refractivity contribution in [3.8, 4) is 0 Å². The number of nitrogens with two attached hydrogens (primary N) is 1. The maximum absolute atomic E-state index is 11.9. The van der Waals surface area contributed by atoms with Crippen molar-refractivity contribution in [2.75, 3.05) is 11.9 Å². The maximum Gasteiger partial charge on any atom is 0.243 e. The van der Waals surface area contributed by atoms with Gasteiger partial charge < -0.3 is 15.8 Å². The minimum Gasteiger partial charge on any atom is -0.378 e. The molecule has 1 aliphatic heterocycles. The average Bonchev–Trinajstić information content (AvgIpc) is 2.41. The molecule has 2 unspecified atom stereocenters. The number of halogens is 1. The van der Waals surface area contributed by atoms with Gasteiger partial charge in [-0.1, -0.05) is 19.1 Å². The third-order valence-corrected chi connectivity index (χ3v) is 4.32. The van der Waals surface area contributed by atoms with Gasteiger partial charge >= 0.3 is 0 Å². The number of primary amides is 1. The molecule has 19 heavy (non-hydrogen) atoms. The van der Waals surface area contributed by atoms with Gasteiger partial charge in [-0.2, -0.15) is 0 Å². The third-order valence-electron chi connectivity index (χ3n) is 3.63. The van der Waals surface area contributed by atoms with Gasteiger partial charge in [0.05, 0.1) is 6.10 Å². The number of benzene rings is 1. The first kappa shape index (κ1) is 14.3. The molecule has 4 nitrogen and oxygen atoms in total. The van der Waals surface area contributed by atoms with Crippen LogP contribution in [-0.4, -0.2) is 24.2 Å². The van der Waals surface area contributed by atoms with E-state index in [1.165, 1.54) is 0 Å². The SMILES string of the molecule is CCC1CC(Nc2ccccc2Br)(C(N)=O)CCO1. The molecular formula is C14H19BrN2O2. The van der Waals surface area contributed by atoms with Crippen LogP contribution >= 0.6 is 15.9 Å². The van der Waals surface area contributed by atoms with Gasteiger partial charge in [0, 0.05) is 29.6 Å². The Morgan fingerprint density at radius 1 is 1.58 bits per heavy atom. The number of carbonyl (C=O) groups is 1. The molecule has 0 spiro atoms. The van der Waals surface area contributed by atoms with E-state index in [0.29, 0.717) is 19.4 Å². The molecule has 0 bridgehead atoms.